The molecule has 0 spiro atoms. The van der Waals surface area contributed by atoms with Crippen molar-refractivity contribution >= 4 is 23.3 Å². The molecule has 1 aromatic heterocycles. The van der Waals surface area contributed by atoms with Gasteiger partial charge in [0.05, 0.1) is 17.8 Å². The molecule has 1 aliphatic heterocycles. The second kappa shape index (κ2) is 4.12. The van der Waals surface area contributed by atoms with E-state index in [-0.39, 0.29) is 5.91 Å². The fourth-order valence-corrected chi connectivity index (χ4v) is 2.16. The van der Waals surface area contributed by atoms with Gasteiger partial charge in [0, 0.05) is 14.0 Å². The van der Waals surface area contributed by atoms with Gasteiger partial charge in [0.2, 0.25) is 5.91 Å². The van der Waals surface area contributed by atoms with Crippen molar-refractivity contribution in [1.82, 2.24) is 14.7 Å². The second-order valence-corrected chi connectivity index (χ2v) is 4.38. The van der Waals surface area contributed by atoms with Crippen molar-refractivity contribution in [3.05, 3.63) is 16.4 Å². The Morgan fingerprint density at radius 3 is 2.71 bits per heavy atom. The lowest BCUT2D eigenvalue weighted by Crippen LogP contribution is -2.36. The first-order valence-corrected chi connectivity index (χ1v) is 5.60. The average molecular weight is 256 g/mol. The molecule has 0 bridgehead atoms. The van der Waals surface area contributed by atoms with Crippen LogP contribution in [0.4, 0.5) is 0 Å². The van der Waals surface area contributed by atoms with Crippen LogP contribution >= 0.6 is 11.6 Å². The fraction of sp³-hybridized carbons (Fsp3) is 0.500. The van der Waals surface area contributed by atoms with E-state index in [1.165, 1.54) is 11.8 Å². The predicted molar refractivity (Wildman–Crippen MR) is 64.9 cm³/mol. The Hall–Kier alpha value is -1.40. The van der Waals surface area contributed by atoms with Crippen LogP contribution in [0.2, 0.25) is 5.15 Å². The molecule has 7 heteroatoms. The smallest absolute Gasteiger partial charge is 0.225 e. The highest BCUT2D eigenvalue weighted by Crippen LogP contribution is 2.24. The molecule has 1 aliphatic rings. The van der Waals surface area contributed by atoms with Gasteiger partial charge in [0.1, 0.15) is 17.2 Å². The minimum atomic E-state index is -0.399. The normalized spacial score (nSPS) is 19.7. The van der Waals surface area contributed by atoms with E-state index in [1.54, 1.807) is 11.7 Å². The Kier molecular flexibility index (Phi) is 2.92. The lowest BCUT2D eigenvalue weighted by atomic mass is 10.2. The van der Waals surface area contributed by atoms with Crippen molar-refractivity contribution < 1.29 is 4.79 Å². The molecule has 0 saturated heterocycles. The van der Waals surface area contributed by atoms with E-state index in [1.807, 2.05) is 6.92 Å². The number of rotatable bonds is 1. The Morgan fingerprint density at radius 2 is 2.24 bits per heavy atom. The van der Waals surface area contributed by atoms with E-state index < -0.39 is 6.17 Å². The van der Waals surface area contributed by atoms with Crippen LogP contribution in [0.3, 0.4) is 0 Å². The summed E-state index contributed by atoms with van der Waals surface area (Å²) in [5.74, 6) is 0.414. The van der Waals surface area contributed by atoms with E-state index in [9.17, 15) is 4.79 Å². The van der Waals surface area contributed by atoms with Crippen LogP contribution in [-0.2, 0) is 11.8 Å². The third-order valence-corrected chi connectivity index (χ3v) is 3.10. The number of amidine groups is 1. The molecule has 6 nitrogen and oxygen atoms in total. The van der Waals surface area contributed by atoms with Crippen LogP contribution in [0.1, 0.15) is 18.2 Å². The monoisotopic (exact) mass is 255 g/mol. The van der Waals surface area contributed by atoms with Gasteiger partial charge in [-0.3, -0.25) is 14.4 Å². The summed E-state index contributed by atoms with van der Waals surface area (Å²) in [5, 5.41) is 4.66. The SMILES string of the molecule is CC(=O)N1CC(N)N=C1c1c(C)nn(C)c1Cl. The van der Waals surface area contributed by atoms with Gasteiger partial charge in [-0.15, -0.1) is 0 Å². The first-order chi connectivity index (χ1) is 7.91. The maximum Gasteiger partial charge on any atom is 0.225 e. The molecule has 1 atom stereocenters. The topological polar surface area (TPSA) is 76.5 Å². The number of amides is 1. The van der Waals surface area contributed by atoms with E-state index in [0.29, 0.717) is 23.1 Å². The summed E-state index contributed by atoms with van der Waals surface area (Å²) < 4.78 is 1.55. The Labute approximate surface area is 104 Å². The summed E-state index contributed by atoms with van der Waals surface area (Å²) in [4.78, 5) is 17.3. The Bertz CT molecular complexity index is 507. The van der Waals surface area contributed by atoms with Crippen molar-refractivity contribution in [3.63, 3.8) is 0 Å². The summed E-state index contributed by atoms with van der Waals surface area (Å²) in [6, 6.07) is 0. The largest absolute Gasteiger partial charge is 0.308 e. The fourth-order valence-electron chi connectivity index (χ4n) is 1.90. The zero-order valence-corrected chi connectivity index (χ0v) is 10.7. The molecule has 0 radical (unpaired) electrons. The van der Waals surface area contributed by atoms with Crippen molar-refractivity contribution in [2.24, 2.45) is 17.8 Å². The lowest BCUT2D eigenvalue weighted by molar-refractivity contribution is -0.124. The molecular formula is C10H14ClN5O. The number of carbonyl (C=O) groups is 1. The maximum absolute atomic E-state index is 11.5. The minimum Gasteiger partial charge on any atom is -0.308 e. The van der Waals surface area contributed by atoms with Crippen LogP contribution in [-0.4, -0.2) is 39.1 Å². The number of aryl methyl sites for hydroxylation is 2. The predicted octanol–water partition coefficient (Wildman–Crippen LogP) is 0.275. The van der Waals surface area contributed by atoms with Gasteiger partial charge in [-0.05, 0) is 6.92 Å². The van der Waals surface area contributed by atoms with Crippen molar-refractivity contribution in [2.75, 3.05) is 6.54 Å². The molecule has 0 aliphatic carbocycles. The molecule has 1 aromatic rings. The molecule has 1 unspecified atom stereocenters. The van der Waals surface area contributed by atoms with E-state index >= 15 is 0 Å². The maximum atomic E-state index is 11.5. The summed E-state index contributed by atoms with van der Waals surface area (Å²) in [6.07, 6.45) is -0.399. The number of aliphatic imine (C=N–C) groups is 1. The highest BCUT2D eigenvalue weighted by molar-refractivity contribution is 6.33. The summed E-state index contributed by atoms with van der Waals surface area (Å²) >= 11 is 6.15. The quantitative estimate of drug-likeness (QED) is 0.783. The van der Waals surface area contributed by atoms with E-state index in [2.05, 4.69) is 10.1 Å². The zero-order valence-electron chi connectivity index (χ0n) is 9.94. The molecule has 2 heterocycles. The van der Waals surface area contributed by atoms with Gasteiger partial charge in [-0.25, -0.2) is 4.99 Å². The van der Waals surface area contributed by atoms with Gasteiger partial charge < -0.3 is 5.73 Å². The molecule has 0 saturated carbocycles. The van der Waals surface area contributed by atoms with Crippen LogP contribution in [0, 0.1) is 6.92 Å². The van der Waals surface area contributed by atoms with Crippen molar-refractivity contribution in [1.29, 1.82) is 0 Å². The zero-order chi connectivity index (χ0) is 12.7. The molecule has 0 aromatic carbocycles. The molecule has 1 amide bonds. The third kappa shape index (κ3) is 1.94. The van der Waals surface area contributed by atoms with Crippen LogP contribution in [0.25, 0.3) is 0 Å². The summed E-state index contributed by atoms with van der Waals surface area (Å²) in [6.45, 7) is 3.69. The number of halogens is 1. The number of nitrogens with two attached hydrogens (primary N) is 1. The molecule has 0 fully saturated rings. The number of hydrogen-bond acceptors (Lipinski definition) is 4. The lowest BCUT2D eigenvalue weighted by Gasteiger charge is -2.16. The average Bonchev–Trinajstić information content (AvgIpc) is 2.70. The minimum absolute atomic E-state index is 0.101. The summed E-state index contributed by atoms with van der Waals surface area (Å²) in [7, 11) is 1.74. The number of aromatic nitrogens is 2. The molecule has 92 valence electrons. The number of hydrogen-bond donors (Lipinski definition) is 1. The molecule has 17 heavy (non-hydrogen) atoms. The van der Waals surface area contributed by atoms with Crippen LogP contribution < -0.4 is 5.73 Å². The van der Waals surface area contributed by atoms with Crippen molar-refractivity contribution in [3.8, 4) is 0 Å². The summed E-state index contributed by atoms with van der Waals surface area (Å²) in [5.41, 5.74) is 7.16. The van der Waals surface area contributed by atoms with Gasteiger partial charge in [-0.1, -0.05) is 11.6 Å². The van der Waals surface area contributed by atoms with Crippen molar-refractivity contribution in [2.45, 2.75) is 20.0 Å². The van der Waals surface area contributed by atoms with Gasteiger partial charge >= 0.3 is 0 Å². The third-order valence-electron chi connectivity index (χ3n) is 2.67. The number of carbonyl (C=O) groups excluding carboxylic acids is 1. The van der Waals surface area contributed by atoms with Gasteiger partial charge in [-0.2, -0.15) is 5.10 Å². The Balaban J connectivity index is 2.52. The standard InChI is InChI=1S/C10H14ClN5O/c1-5-8(9(11)15(3)14-5)10-13-7(12)4-16(10)6(2)17/h7H,4,12H2,1-3H3. The first-order valence-electron chi connectivity index (χ1n) is 5.22. The highest BCUT2D eigenvalue weighted by Gasteiger charge is 2.30. The van der Waals surface area contributed by atoms with Gasteiger partial charge in [0.15, 0.2) is 0 Å². The molecular weight excluding hydrogens is 242 g/mol. The molecule has 2 rings (SSSR count). The second-order valence-electron chi connectivity index (χ2n) is 4.02. The van der Waals surface area contributed by atoms with E-state index in [0.717, 1.165) is 5.69 Å². The highest BCUT2D eigenvalue weighted by atomic mass is 35.5. The number of nitrogens with zero attached hydrogens (tertiary/aromatic N) is 4. The Morgan fingerprint density at radius 1 is 1.59 bits per heavy atom. The first kappa shape index (κ1) is 12.1. The van der Waals surface area contributed by atoms with Gasteiger partial charge in [0.25, 0.3) is 0 Å². The van der Waals surface area contributed by atoms with Crippen LogP contribution in [0.15, 0.2) is 4.99 Å². The van der Waals surface area contributed by atoms with Crippen LogP contribution in [0.5, 0.6) is 0 Å². The van der Waals surface area contributed by atoms with E-state index in [4.69, 9.17) is 17.3 Å². The molecule has 2 N–H and O–H groups in total.